The summed E-state index contributed by atoms with van der Waals surface area (Å²) in [7, 11) is -1.91. The number of benzene rings is 1. The first-order chi connectivity index (χ1) is 12.6. The standard InChI is InChI=1S/C21H32N2O3Si/c1-16-22-14-19(23-16)20(24)26-18(13-12-17-10-8-7-9-11-17)15-25-27(5,6)21(2,3)4/h7-11,14,18H,12-13,15H2,1-6H3,(H,22,23). The molecule has 1 aromatic heterocycles. The van der Waals surface area contributed by atoms with E-state index < -0.39 is 8.32 Å². The summed E-state index contributed by atoms with van der Waals surface area (Å²) in [5, 5.41) is 0.113. The van der Waals surface area contributed by atoms with E-state index in [-0.39, 0.29) is 17.1 Å². The number of nitrogens with zero attached hydrogens (tertiary/aromatic N) is 1. The lowest BCUT2D eigenvalue weighted by molar-refractivity contribution is 0.0128. The van der Waals surface area contributed by atoms with Crippen LogP contribution >= 0.6 is 0 Å². The van der Waals surface area contributed by atoms with Crippen LogP contribution in [0.25, 0.3) is 0 Å². The molecule has 6 heteroatoms. The van der Waals surface area contributed by atoms with E-state index in [4.69, 9.17) is 9.16 Å². The van der Waals surface area contributed by atoms with Crippen LogP contribution in [0.3, 0.4) is 0 Å². The summed E-state index contributed by atoms with van der Waals surface area (Å²) in [6.07, 6.45) is 2.77. The topological polar surface area (TPSA) is 64.2 Å². The van der Waals surface area contributed by atoms with Crippen LogP contribution in [-0.4, -0.2) is 37.0 Å². The number of ether oxygens (including phenoxy) is 1. The van der Waals surface area contributed by atoms with E-state index in [2.05, 4.69) is 56.0 Å². The van der Waals surface area contributed by atoms with Gasteiger partial charge in [-0.05, 0) is 43.5 Å². The van der Waals surface area contributed by atoms with Crippen LogP contribution in [0.1, 0.15) is 49.1 Å². The molecule has 0 aliphatic heterocycles. The van der Waals surface area contributed by atoms with Crippen LogP contribution in [0, 0.1) is 6.92 Å². The fourth-order valence-electron chi connectivity index (χ4n) is 2.41. The van der Waals surface area contributed by atoms with E-state index in [0.717, 1.165) is 12.8 Å². The van der Waals surface area contributed by atoms with E-state index >= 15 is 0 Å². The SMILES string of the molecule is Cc1ncc(C(=O)OC(CCc2ccccc2)CO[Si](C)(C)C(C)(C)C)[nH]1. The fraction of sp³-hybridized carbons (Fsp3) is 0.524. The third kappa shape index (κ3) is 6.32. The normalized spacial score (nSPS) is 13.4. The van der Waals surface area contributed by atoms with E-state index in [9.17, 15) is 4.79 Å². The molecule has 0 aliphatic rings. The Morgan fingerprint density at radius 3 is 2.44 bits per heavy atom. The third-order valence-electron chi connectivity index (χ3n) is 5.23. The molecule has 1 unspecified atom stereocenters. The van der Waals surface area contributed by atoms with Gasteiger partial charge in [-0.3, -0.25) is 0 Å². The van der Waals surface area contributed by atoms with Gasteiger partial charge in [0.05, 0.1) is 12.8 Å². The first kappa shape index (κ1) is 21.4. The molecule has 27 heavy (non-hydrogen) atoms. The number of esters is 1. The summed E-state index contributed by atoms with van der Waals surface area (Å²) >= 11 is 0. The van der Waals surface area contributed by atoms with Gasteiger partial charge in [-0.1, -0.05) is 51.1 Å². The number of aromatic nitrogens is 2. The first-order valence-electron chi connectivity index (χ1n) is 9.49. The summed E-state index contributed by atoms with van der Waals surface area (Å²) < 4.78 is 12.1. The number of aromatic amines is 1. The van der Waals surface area contributed by atoms with Crippen molar-refractivity contribution in [2.24, 2.45) is 0 Å². The lowest BCUT2D eigenvalue weighted by atomic mass is 10.1. The van der Waals surface area contributed by atoms with Gasteiger partial charge >= 0.3 is 5.97 Å². The second-order valence-electron chi connectivity index (χ2n) is 8.51. The number of carbonyl (C=O) groups excluding carboxylic acids is 1. The van der Waals surface area contributed by atoms with E-state index in [0.29, 0.717) is 18.1 Å². The Bertz CT molecular complexity index is 735. The zero-order chi connectivity index (χ0) is 20.1. The monoisotopic (exact) mass is 388 g/mol. The quantitative estimate of drug-likeness (QED) is 0.516. The van der Waals surface area contributed by atoms with Gasteiger partial charge < -0.3 is 14.1 Å². The minimum Gasteiger partial charge on any atom is -0.455 e. The number of hydrogen-bond acceptors (Lipinski definition) is 4. The first-order valence-corrected chi connectivity index (χ1v) is 12.4. The van der Waals surface area contributed by atoms with Crippen LogP contribution in [0.5, 0.6) is 0 Å². The number of rotatable bonds is 8. The summed E-state index contributed by atoms with van der Waals surface area (Å²) in [6.45, 7) is 13.3. The molecule has 1 aromatic carbocycles. The second-order valence-corrected chi connectivity index (χ2v) is 13.3. The van der Waals surface area contributed by atoms with Gasteiger partial charge in [0.25, 0.3) is 0 Å². The maximum Gasteiger partial charge on any atom is 0.356 e. The van der Waals surface area contributed by atoms with Crippen LogP contribution < -0.4 is 0 Å². The highest BCUT2D eigenvalue weighted by molar-refractivity contribution is 6.74. The molecule has 0 fully saturated rings. The van der Waals surface area contributed by atoms with Crippen molar-refractivity contribution >= 4 is 14.3 Å². The minimum atomic E-state index is -1.91. The lowest BCUT2D eigenvalue weighted by Crippen LogP contribution is -2.43. The van der Waals surface area contributed by atoms with Crippen molar-refractivity contribution in [2.75, 3.05) is 6.61 Å². The molecule has 2 rings (SSSR count). The highest BCUT2D eigenvalue weighted by Gasteiger charge is 2.38. The molecular formula is C21H32N2O3Si. The van der Waals surface area contributed by atoms with Crippen LogP contribution in [0.15, 0.2) is 36.5 Å². The molecule has 1 heterocycles. The molecule has 2 aromatic rings. The van der Waals surface area contributed by atoms with Gasteiger partial charge in [0.15, 0.2) is 8.32 Å². The molecule has 0 spiro atoms. The summed E-state index contributed by atoms with van der Waals surface area (Å²) in [5.41, 5.74) is 1.60. The summed E-state index contributed by atoms with van der Waals surface area (Å²) in [4.78, 5) is 19.5. The third-order valence-corrected chi connectivity index (χ3v) is 9.73. The average molecular weight is 389 g/mol. The highest BCUT2D eigenvalue weighted by Crippen LogP contribution is 2.36. The number of nitrogens with one attached hydrogen (secondary N) is 1. The largest absolute Gasteiger partial charge is 0.455 e. The highest BCUT2D eigenvalue weighted by atomic mass is 28.4. The predicted molar refractivity (Wildman–Crippen MR) is 110 cm³/mol. The molecule has 0 radical (unpaired) electrons. The number of aryl methyl sites for hydroxylation is 2. The Morgan fingerprint density at radius 2 is 1.89 bits per heavy atom. The van der Waals surface area contributed by atoms with Crippen LogP contribution in [0.2, 0.25) is 18.1 Å². The minimum absolute atomic E-state index is 0.113. The zero-order valence-electron chi connectivity index (χ0n) is 17.3. The second kappa shape index (κ2) is 8.84. The van der Waals surface area contributed by atoms with E-state index in [1.807, 2.05) is 25.1 Å². The average Bonchev–Trinajstić information content (AvgIpc) is 3.04. The van der Waals surface area contributed by atoms with Crippen molar-refractivity contribution in [1.82, 2.24) is 9.97 Å². The van der Waals surface area contributed by atoms with Gasteiger partial charge in [-0.25, -0.2) is 9.78 Å². The Morgan fingerprint density at radius 1 is 1.22 bits per heavy atom. The molecule has 0 saturated heterocycles. The molecule has 1 atom stereocenters. The lowest BCUT2D eigenvalue weighted by Gasteiger charge is -2.37. The zero-order valence-corrected chi connectivity index (χ0v) is 18.3. The number of hydrogen-bond donors (Lipinski definition) is 1. The van der Waals surface area contributed by atoms with Crippen molar-refractivity contribution in [1.29, 1.82) is 0 Å². The van der Waals surface area contributed by atoms with E-state index in [1.165, 1.54) is 11.8 Å². The van der Waals surface area contributed by atoms with Gasteiger partial charge in [0.1, 0.15) is 17.6 Å². The van der Waals surface area contributed by atoms with Crippen molar-refractivity contribution in [2.45, 2.75) is 64.8 Å². The van der Waals surface area contributed by atoms with Crippen molar-refractivity contribution in [3.05, 3.63) is 53.6 Å². The molecular weight excluding hydrogens is 356 g/mol. The smallest absolute Gasteiger partial charge is 0.356 e. The number of imidazole rings is 1. The van der Waals surface area contributed by atoms with Crippen LogP contribution in [-0.2, 0) is 15.6 Å². The molecule has 5 nitrogen and oxygen atoms in total. The molecule has 0 amide bonds. The molecule has 0 saturated carbocycles. The van der Waals surface area contributed by atoms with Gasteiger partial charge in [0.2, 0.25) is 0 Å². The Hall–Kier alpha value is -1.92. The number of carbonyl (C=O) groups is 1. The Balaban J connectivity index is 2.04. The van der Waals surface area contributed by atoms with E-state index in [1.54, 1.807) is 0 Å². The maximum atomic E-state index is 12.5. The molecule has 1 N–H and O–H groups in total. The summed E-state index contributed by atoms with van der Waals surface area (Å²) in [6, 6.07) is 10.2. The molecule has 0 aliphatic carbocycles. The van der Waals surface area contributed by atoms with Crippen molar-refractivity contribution in [3.8, 4) is 0 Å². The van der Waals surface area contributed by atoms with Gasteiger partial charge in [0, 0.05) is 0 Å². The maximum absolute atomic E-state index is 12.5. The molecule has 0 bridgehead atoms. The van der Waals surface area contributed by atoms with Crippen LogP contribution in [0.4, 0.5) is 0 Å². The summed E-state index contributed by atoms with van der Waals surface area (Å²) in [5.74, 6) is 0.313. The Labute approximate surface area is 163 Å². The van der Waals surface area contributed by atoms with Gasteiger partial charge in [-0.2, -0.15) is 0 Å². The Kier molecular flexibility index (Phi) is 7.00. The van der Waals surface area contributed by atoms with Crippen molar-refractivity contribution in [3.63, 3.8) is 0 Å². The molecule has 148 valence electrons. The van der Waals surface area contributed by atoms with Gasteiger partial charge in [-0.15, -0.1) is 0 Å². The predicted octanol–water partition coefficient (Wildman–Crippen LogP) is 4.90. The van der Waals surface area contributed by atoms with Crippen molar-refractivity contribution < 1.29 is 14.0 Å². The fourth-order valence-corrected chi connectivity index (χ4v) is 3.44. The number of H-pyrrole nitrogens is 1.